The van der Waals surface area contributed by atoms with Gasteiger partial charge >= 0.3 is 0 Å². The molecule has 3 unspecified atom stereocenters. The maximum absolute atomic E-state index is 6.67. The van der Waals surface area contributed by atoms with E-state index in [4.69, 9.17) is 17.3 Å². The van der Waals surface area contributed by atoms with E-state index in [2.05, 4.69) is 18.9 Å². The number of halogens is 1. The van der Waals surface area contributed by atoms with Gasteiger partial charge in [-0.05, 0) is 31.6 Å². The van der Waals surface area contributed by atoms with Crippen LogP contribution < -0.4 is 5.73 Å². The number of nitrogens with two attached hydrogens (primary N) is 1. The molecule has 4 heteroatoms. The van der Waals surface area contributed by atoms with E-state index in [-0.39, 0.29) is 5.54 Å². The number of hydrogen-bond donors (Lipinski definition) is 1. The Morgan fingerprint density at radius 1 is 1.44 bits per heavy atom. The molecule has 1 aliphatic rings. The fourth-order valence-electron chi connectivity index (χ4n) is 3.20. The minimum Gasteiger partial charge on any atom is -0.324 e. The predicted molar refractivity (Wildman–Crippen MR) is 75.8 cm³/mol. The van der Waals surface area contributed by atoms with E-state index in [1.165, 1.54) is 12.8 Å². The van der Waals surface area contributed by atoms with Gasteiger partial charge in [-0.2, -0.15) is 5.10 Å². The summed E-state index contributed by atoms with van der Waals surface area (Å²) in [7, 11) is 1.95. The summed E-state index contributed by atoms with van der Waals surface area (Å²) in [6, 6.07) is 0. The number of nitrogens with zero attached hydrogens (tertiary/aromatic N) is 2. The highest BCUT2D eigenvalue weighted by molar-refractivity contribution is 6.31. The van der Waals surface area contributed by atoms with Gasteiger partial charge in [-0.25, -0.2) is 0 Å². The van der Waals surface area contributed by atoms with Crippen LogP contribution in [0.5, 0.6) is 0 Å². The van der Waals surface area contributed by atoms with Crippen molar-refractivity contribution in [2.24, 2.45) is 24.6 Å². The second kappa shape index (κ2) is 4.86. The fraction of sp³-hybridized carbons (Fsp3) is 0.786. The lowest BCUT2D eigenvalue weighted by Crippen LogP contribution is -2.52. The normalized spacial score (nSPS) is 32.8. The van der Waals surface area contributed by atoms with Gasteiger partial charge in [0.1, 0.15) is 0 Å². The molecule has 1 heterocycles. The van der Waals surface area contributed by atoms with Crippen LogP contribution in [0, 0.1) is 18.8 Å². The highest BCUT2D eigenvalue weighted by Gasteiger charge is 2.38. The van der Waals surface area contributed by atoms with Crippen LogP contribution >= 0.6 is 11.6 Å². The fourth-order valence-corrected chi connectivity index (χ4v) is 3.43. The van der Waals surface area contributed by atoms with Gasteiger partial charge in [-0.3, -0.25) is 4.68 Å². The monoisotopic (exact) mass is 269 g/mol. The largest absolute Gasteiger partial charge is 0.324 e. The summed E-state index contributed by atoms with van der Waals surface area (Å²) in [6.45, 7) is 6.51. The van der Waals surface area contributed by atoms with Gasteiger partial charge in [-0.15, -0.1) is 0 Å². The minimum absolute atomic E-state index is 0.137. The quantitative estimate of drug-likeness (QED) is 0.897. The molecule has 2 N–H and O–H groups in total. The number of aryl methyl sites for hydroxylation is 2. The first-order valence-corrected chi connectivity index (χ1v) is 7.18. The maximum atomic E-state index is 6.67. The molecule has 1 aliphatic carbocycles. The molecule has 18 heavy (non-hydrogen) atoms. The standard InChI is InChI=1S/C14H24ClN3/c1-9-5-6-10(2)14(16,7-9)8-12-13(15)11(3)17-18(12)4/h9-10H,5-8,16H2,1-4H3. The molecule has 0 radical (unpaired) electrons. The lowest BCUT2D eigenvalue weighted by atomic mass is 9.68. The Balaban J connectivity index is 2.26. The molecule has 0 amide bonds. The average Bonchev–Trinajstić information content (AvgIpc) is 2.51. The minimum atomic E-state index is -0.137. The lowest BCUT2D eigenvalue weighted by molar-refractivity contribution is 0.159. The zero-order chi connectivity index (χ0) is 13.5. The van der Waals surface area contributed by atoms with Gasteiger partial charge in [0.15, 0.2) is 0 Å². The highest BCUT2D eigenvalue weighted by atomic mass is 35.5. The van der Waals surface area contributed by atoms with Crippen molar-refractivity contribution in [3.63, 3.8) is 0 Å². The van der Waals surface area contributed by atoms with Crippen LogP contribution in [0.3, 0.4) is 0 Å². The Morgan fingerprint density at radius 3 is 2.67 bits per heavy atom. The Hall–Kier alpha value is -0.540. The molecule has 1 aromatic heterocycles. The first kappa shape index (κ1) is 13.9. The topological polar surface area (TPSA) is 43.8 Å². The molecule has 1 fully saturated rings. The van der Waals surface area contributed by atoms with Crippen LogP contribution in [0.2, 0.25) is 5.02 Å². The molecular formula is C14H24ClN3. The SMILES string of the molecule is Cc1nn(C)c(CC2(N)CC(C)CCC2C)c1Cl. The van der Waals surface area contributed by atoms with Gasteiger partial charge in [0.25, 0.3) is 0 Å². The highest BCUT2D eigenvalue weighted by Crippen LogP contribution is 2.38. The molecule has 0 bridgehead atoms. The third-order valence-electron chi connectivity index (χ3n) is 4.56. The van der Waals surface area contributed by atoms with Gasteiger partial charge < -0.3 is 5.73 Å². The molecular weight excluding hydrogens is 246 g/mol. The molecule has 3 nitrogen and oxygen atoms in total. The van der Waals surface area contributed by atoms with E-state index in [9.17, 15) is 0 Å². The maximum Gasteiger partial charge on any atom is 0.0847 e. The summed E-state index contributed by atoms with van der Waals surface area (Å²) in [5.74, 6) is 1.25. The van der Waals surface area contributed by atoms with Crippen molar-refractivity contribution in [1.82, 2.24) is 9.78 Å². The van der Waals surface area contributed by atoms with Gasteiger partial charge in [0.2, 0.25) is 0 Å². The van der Waals surface area contributed by atoms with E-state index < -0.39 is 0 Å². The molecule has 0 aromatic carbocycles. The zero-order valence-electron chi connectivity index (χ0n) is 11.8. The predicted octanol–water partition coefficient (Wildman–Crippen LogP) is 3.08. The molecule has 1 aromatic rings. The van der Waals surface area contributed by atoms with Crippen molar-refractivity contribution in [2.45, 2.75) is 52.0 Å². The summed E-state index contributed by atoms with van der Waals surface area (Å²) < 4.78 is 1.89. The zero-order valence-corrected chi connectivity index (χ0v) is 12.6. The molecule has 3 atom stereocenters. The third-order valence-corrected chi connectivity index (χ3v) is 5.05. The average molecular weight is 270 g/mol. The third kappa shape index (κ3) is 2.43. The van der Waals surface area contributed by atoms with Crippen LogP contribution in [-0.2, 0) is 13.5 Å². The van der Waals surface area contributed by atoms with E-state index in [0.717, 1.165) is 29.3 Å². The number of rotatable bonds is 2. The molecule has 1 saturated carbocycles. The lowest BCUT2D eigenvalue weighted by Gasteiger charge is -2.42. The molecule has 102 valence electrons. The summed E-state index contributed by atoms with van der Waals surface area (Å²) in [4.78, 5) is 0. The van der Waals surface area contributed by atoms with E-state index in [1.807, 2.05) is 18.7 Å². The Kier molecular flexibility index (Phi) is 3.75. The molecule has 0 aliphatic heterocycles. The van der Waals surface area contributed by atoms with E-state index >= 15 is 0 Å². The van der Waals surface area contributed by atoms with Crippen molar-refractivity contribution in [2.75, 3.05) is 0 Å². The summed E-state index contributed by atoms with van der Waals surface area (Å²) in [6.07, 6.45) is 4.41. The van der Waals surface area contributed by atoms with E-state index in [1.54, 1.807) is 0 Å². The van der Waals surface area contributed by atoms with Crippen molar-refractivity contribution in [3.8, 4) is 0 Å². The first-order valence-electron chi connectivity index (χ1n) is 6.80. The Bertz CT molecular complexity index is 440. The second-order valence-corrected chi connectivity index (χ2v) is 6.55. The van der Waals surface area contributed by atoms with Crippen LogP contribution in [0.4, 0.5) is 0 Å². The Labute approximate surface area is 115 Å². The van der Waals surface area contributed by atoms with Crippen LogP contribution in [0.1, 0.15) is 44.5 Å². The van der Waals surface area contributed by atoms with Gasteiger partial charge in [0.05, 0.1) is 16.4 Å². The second-order valence-electron chi connectivity index (χ2n) is 6.17. The molecule has 0 saturated heterocycles. The van der Waals surface area contributed by atoms with Gasteiger partial charge in [0, 0.05) is 19.0 Å². The summed E-state index contributed by atoms with van der Waals surface area (Å²) >= 11 is 6.34. The van der Waals surface area contributed by atoms with Crippen LogP contribution in [0.25, 0.3) is 0 Å². The van der Waals surface area contributed by atoms with Gasteiger partial charge in [-0.1, -0.05) is 31.9 Å². The van der Waals surface area contributed by atoms with Crippen LogP contribution in [0.15, 0.2) is 0 Å². The number of hydrogen-bond acceptors (Lipinski definition) is 2. The van der Waals surface area contributed by atoms with Crippen molar-refractivity contribution >= 4 is 11.6 Å². The smallest absolute Gasteiger partial charge is 0.0847 e. The summed E-state index contributed by atoms with van der Waals surface area (Å²) in [5.41, 5.74) is 8.51. The van der Waals surface area contributed by atoms with Crippen molar-refractivity contribution < 1.29 is 0 Å². The van der Waals surface area contributed by atoms with Crippen molar-refractivity contribution in [3.05, 3.63) is 16.4 Å². The van der Waals surface area contributed by atoms with E-state index in [0.29, 0.717) is 11.8 Å². The number of aromatic nitrogens is 2. The molecule has 0 spiro atoms. The van der Waals surface area contributed by atoms with Crippen LogP contribution in [-0.4, -0.2) is 15.3 Å². The molecule has 2 rings (SSSR count). The first-order chi connectivity index (χ1) is 8.33. The van der Waals surface area contributed by atoms with Crippen molar-refractivity contribution in [1.29, 1.82) is 0 Å². The summed E-state index contributed by atoms with van der Waals surface area (Å²) in [5, 5.41) is 5.17. The Morgan fingerprint density at radius 2 is 2.11 bits per heavy atom.